The summed E-state index contributed by atoms with van der Waals surface area (Å²) in [6.07, 6.45) is 0.964. The van der Waals surface area contributed by atoms with E-state index >= 15 is 0 Å². The number of hydrogen-bond acceptors (Lipinski definition) is 4. The van der Waals surface area contributed by atoms with Crippen LogP contribution in [0, 0.1) is 11.3 Å². The first-order chi connectivity index (χ1) is 10.1. The molecule has 1 rings (SSSR count). The highest BCUT2D eigenvalue weighted by Crippen LogP contribution is 2.13. The lowest BCUT2D eigenvalue weighted by Crippen LogP contribution is -2.41. The molecule has 0 aliphatic heterocycles. The Labute approximate surface area is 126 Å². The number of nitrogens with zero attached hydrogens (tertiary/aromatic N) is 2. The summed E-state index contributed by atoms with van der Waals surface area (Å²) in [5.74, 6) is -0.117. The fourth-order valence-electron chi connectivity index (χ4n) is 1.99. The predicted molar refractivity (Wildman–Crippen MR) is 83.0 cm³/mol. The normalized spacial score (nSPS) is 12.0. The number of rotatable bonds is 8. The van der Waals surface area contributed by atoms with Crippen molar-refractivity contribution in [3.05, 3.63) is 29.8 Å². The molecule has 0 saturated carbocycles. The van der Waals surface area contributed by atoms with Crippen LogP contribution in [0.5, 0.6) is 0 Å². The van der Waals surface area contributed by atoms with E-state index in [4.69, 9.17) is 10.00 Å². The largest absolute Gasteiger partial charge is 0.383 e. The second-order valence-electron chi connectivity index (χ2n) is 4.93. The van der Waals surface area contributed by atoms with Gasteiger partial charge in [-0.2, -0.15) is 5.26 Å². The molecule has 1 atom stereocenters. The zero-order valence-corrected chi connectivity index (χ0v) is 12.9. The Morgan fingerprint density at radius 2 is 2.19 bits per heavy atom. The third kappa shape index (κ3) is 5.54. The lowest BCUT2D eigenvalue weighted by Gasteiger charge is -2.27. The average molecular weight is 289 g/mol. The van der Waals surface area contributed by atoms with Gasteiger partial charge in [0.15, 0.2) is 0 Å². The Balaban J connectivity index is 2.67. The summed E-state index contributed by atoms with van der Waals surface area (Å²) in [6.45, 7) is 5.77. The molecule has 5 nitrogen and oxygen atoms in total. The molecule has 0 radical (unpaired) electrons. The van der Waals surface area contributed by atoms with E-state index in [0.29, 0.717) is 30.4 Å². The van der Waals surface area contributed by atoms with Gasteiger partial charge in [0.1, 0.15) is 6.07 Å². The molecule has 0 aliphatic carbocycles. The molecule has 0 saturated heterocycles. The van der Waals surface area contributed by atoms with Gasteiger partial charge in [0.05, 0.1) is 24.4 Å². The van der Waals surface area contributed by atoms with E-state index in [1.165, 1.54) is 0 Å². The van der Waals surface area contributed by atoms with E-state index in [0.717, 1.165) is 6.42 Å². The van der Waals surface area contributed by atoms with Gasteiger partial charge in [-0.15, -0.1) is 0 Å². The molecule has 0 spiro atoms. The van der Waals surface area contributed by atoms with Crippen molar-refractivity contribution in [3.8, 4) is 6.07 Å². The molecule has 114 valence electrons. The number of para-hydroxylation sites is 1. The van der Waals surface area contributed by atoms with Crippen LogP contribution in [0.4, 0.5) is 5.69 Å². The number of methoxy groups -OCH3 is 1. The first-order valence-corrected chi connectivity index (χ1v) is 7.14. The number of ether oxygens (including phenoxy) is 1. The number of carbonyl (C=O) groups excluding carboxylic acids is 1. The van der Waals surface area contributed by atoms with Gasteiger partial charge < -0.3 is 10.1 Å². The zero-order valence-electron chi connectivity index (χ0n) is 12.9. The number of benzene rings is 1. The molecular formula is C16H23N3O2. The average Bonchev–Trinajstić information content (AvgIpc) is 2.51. The van der Waals surface area contributed by atoms with Crippen LogP contribution in [0.2, 0.25) is 0 Å². The SMILES string of the molecule is CCC(C)N(CCOC)CC(=O)Nc1ccccc1C#N. The van der Waals surface area contributed by atoms with Crippen LogP contribution >= 0.6 is 0 Å². The third-order valence-corrected chi connectivity index (χ3v) is 3.47. The maximum absolute atomic E-state index is 12.2. The van der Waals surface area contributed by atoms with Gasteiger partial charge in [0.2, 0.25) is 5.91 Å². The number of anilines is 1. The maximum Gasteiger partial charge on any atom is 0.238 e. The monoisotopic (exact) mass is 289 g/mol. The highest BCUT2D eigenvalue weighted by molar-refractivity contribution is 5.93. The van der Waals surface area contributed by atoms with E-state index < -0.39 is 0 Å². The molecule has 0 heterocycles. The highest BCUT2D eigenvalue weighted by Gasteiger charge is 2.16. The van der Waals surface area contributed by atoms with Crippen LogP contribution < -0.4 is 5.32 Å². The molecule has 0 aromatic heterocycles. The van der Waals surface area contributed by atoms with Gasteiger partial charge in [0.25, 0.3) is 0 Å². The summed E-state index contributed by atoms with van der Waals surface area (Å²) < 4.78 is 5.09. The van der Waals surface area contributed by atoms with Gasteiger partial charge in [0, 0.05) is 19.7 Å². The Bertz CT molecular complexity index is 497. The Hall–Kier alpha value is -1.90. The summed E-state index contributed by atoms with van der Waals surface area (Å²) in [7, 11) is 1.65. The van der Waals surface area contributed by atoms with E-state index in [1.807, 2.05) is 0 Å². The van der Waals surface area contributed by atoms with Crippen molar-refractivity contribution in [2.24, 2.45) is 0 Å². The van der Waals surface area contributed by atoms with Crippen LogP contribution in [-0.4, -0.2) is 43.7 Å². The van der Waals surface area contributed by atoms with Crippen LogP contribution in [0.3, 0.4) is 0 Å². The molecule has 0 fully saturated rings. The van der Waals surface area contributed by atoms with E-state index in [1.54, 1.807) is 31.4 Å². The minimum atomic E-state index is -0.117. The molecule has 0 aliphatic rings. The number of nitriles is 1. The first kappa shape index (κ1) is 17.2. The molecule has 0 bridgehead atoms. The molecule has 1 amide bonds. The quantitative estimate of drug-likeness (QED) is 0.797. The Morgan fingerprint density at radius 1 is 1.48 bits per heavy atom. The Morgan fingerprint density at radius 3 is 2.81 bits per heavy atom. The second-order valence-corrected chi connectivity index (χ2v) is 4.93. The smallest absolute Gasteiger partial charge is 0.238 e. The number of nitrogens with one attached hydrogen (secondary N) is 1. The van der Waals surface area contributed by atoms with Gasteiger partial charge in [-0.25, -0.2) is 0 Å². The number of amides is 1. The second kappa shape index (κ2) is 9.11. The van der Waals surface area contributed by atoms with Crippen molar-refractivity contribution in [1.82, 2.24) is 4.90 Å². The van der Waals surface area contributed by atoms with E-state index in [-0.39, 0.29) is 12.5 Å². The molecular weight excluding hydrogens is 266 g/mol. The standard InChI is InChI=1S/C16H23N3O2/c1-4-13(2)19(9-10-21-3)12-16(20)18-15-8-6-5-7-14(15)11-17/h5-8,13H,4,9-10,12H2,1-3H3,(H,18,20). The molecule has 1 aromatic carbocycles. The molecule has 5 heteroatoms. The van der Waals surface area contributed by atoms with Crippen LogP contribution in [0.15, 0.2) is 24.3 Å². The van der Waals surface area contributed by atoms with Crippen molar-refractivity contribution >= 4 is 11.6 Å². The molecule has 1 aromatic rings. The van der Waals surface area contributed by atoms with Crippen molar-refractivity contribution < 1.29 is 9.53 Å². The summed E-state index contributed by atoms with van der Waals surface area (Å²) in [4.78, 5) is 14.2. The van der Waals surface area contributed by atoms with Gasteiger partial charge in [-0.05, 0) is 25.5 Å². The topological polar surface area (TPSA) is 65.4 Å². The highest BCUT2D eigenvalue weighted by atomic mass is 16.5. The van der Waals surface area contributed by atoms with Gasteiger partial charge in [-0.1, -0.05) is 19.1 Å². The maximum atomic E-state index is 12.2. The lowest BCUT2D eigenvalue weighted by atomic mass is 10.2. The number of carbonyl (C=O) groups is 1. The fourth-order valence-corrected chi connectivity index (χ4v) is 1.99. The minimum absolute atomic E-state index is 0.117. The molecule has 1 unspecified atom stereocenters. The molecule has 1 N–H and O–H groups in total. The van der Waals surface area contributed by atoms with E-state index in [9.17, 15) is 4.79 Å². The van der Waals surface area contributed by atoms with Crippen molar-refractivity contribution in [1.29, 1.82) is 5.26 Å². The minimum Gasteiger partial charge on any atom is -0.383 e. The summed E-state index contributed by atoms with van der Waals surface area (Å²) >= 11 is 0. The van der Waals surface area contributed by atoms with Crippen molar-refractivity contribution in [2.75, 3.05) is 32.1 Å². The van der Waals surface area contributed by atoms with Crippen molar-refractivity contribution in [3.63, 3.8) is 0 Å². The van der Waals surface area contributed by atoms with Gasteiger partial charge in [-0.3, -0.25) is 9.69 Å². The first-order valence-electron chi connectivity index (χ1n) is 7.14. The van der Waals surface area contributed by atoms with Gasteiger partial charge >= 0.3 is 0 Å². The summed E-state index contributed by atoms with van der Waals surface area (Å²) in [5.41, 5.74) is 1.03. The third-order valence-electron chi connectivity index (χ3n) is 3.47. The van der Waals surface area contributed by atoms with E-state index in [2.05, 4.69) is 30.1 Å². The predicted octanol–water partition coefficient (Wildman–Crippen LogP) is 2.24. The summed E-state index contributed by atoms with van der Waals surface area (Å²) in [5, 5.41) is 11.8. The lowest BCUT2D eigenvalue weighted by molar-refractivity contribution is -0.118. The van der Waals surface area contributed by atoms with Crippen LogP contribution in [-0.2, 0) is 9.53 Å². The van der Waals surface area contributed by atoms with Crippen LogP contribution in [0.1, 0.15) is 25.8 Å². The van der Waals surface area contributed by atoms with Crippen LogP contribution in [0.25, 0.3) is 0 Å². The van der Waals surface area contributed by atoms with Crippen molar-refractivity contribution in [2.45, 2.75) is 26.3 Å². The fraction of sp³-hybridized carbons (Fsp3) is 0.500. The number of hydrogen-bond donors (Lipinski definition) is 1. The summed E-state index contributed by atoms with van der Waals surface area (Å²) in [6, 6.07) is 9.38. The Kier molecular flexibility index (Phi) is 7.44. The molecule has 21 heavy (non-hydrogen) atoms. The zero-order chi connectivity index (χ0) is 15.7.